The van der Waals surface area contributed by atoms with Crippen LogP contribution in [0.2, 0.25) is 0 Å². The monoisotopic (exact) mass is 871 g/mol. The van der Waals surface area contributed by atoms with Crippen molar-refractivity contribution < 1.29 is 38.7 Å². The van der Waals surface area contributed by atoms with E-state index in [0.29, 0.717) is 11.1 Å². The Labute approximate surface area is 367 Å². The molecule has 0 aliphatic rings. The molecule has 6 atom stereocenters. The topological polar surface area (TPSA) is 328 Å². The normalized spacial score (nSPS) is 13.7. The van der Waals surface area contributed by atoms with E-state index in [1.54, 1.807) is 72.8 Å². The molecule has 0 aromatic heterocycles. The Kier molecular flexibility index (Phi) is 20.5. The molecule has 340 valence electrons. The van der Waals surface area contributed by atoms with Gasteiger partial charge in [-0.05, 0) is 67.3 Å². The number of phenols is 1. The first-order valence-electron chi connectivity index (χ1n) is 20.7. The average Bonchev–Trinajstić information content (AvgIpc) is 3.24. The number of carbonyl (C=O) groups is 7. The molecule has 15 N–H and O–H groups in total. The van der Waals surface area contributed by atoms with Gasteiger partial charge < -0.3 is 59.9 Å². The fourth-order valence-electron chi connectivity index (χ4n) is 6.36. The molecule has 0 unspecified atom stereocenters. The first-order valence-corrected chi connectivity index (χ1v) is 20.7. The van der Waals surface area contributed by atoms with Gasteiger partial charge in [0.2, 0.25) is 41.4 Å². The molecule has 0 heterocycles. The molecule has 0 saturated heterocycles. The van der Waals surface area contributed by atoms with E-state index < -0.39 is 84.1 Å². The Hall–Kier alpha value is -7.02. The molecule has 0 radical (unpaired) electrons. The number of guanidine groups is 1. The zero-order chi connectivity index (χ0) is 46.5. The minimum atomic E-state index is -1.23. The Morgan fingerprint density at radius 2 is 1.08 bits per heavy atom. The number of aromatic hydroxyl groups is 1. The van der Waals surface area contributed by atoms with Gasteiger partial charge in [0.25, 0.3) is 0 Å². The van der Waals surface area contributed by atoms with E-state index in [9.17, 15) is 38.7 Å². The van der Waals surface area contributed by atoms with Crippen molar-refractivity contribution in [2.45, 2.75) is 95.5 Å². The highest BCUT2D eigenvalue weighted by molar-refractivity contribution is 5.96. The van der Waals surface area contributed by atoms with Crippen molar-refractivity contribution in [3.05, 3.63) is 102 Å². The summed E-state index contributed by atoms with van der Waals surface area (Å²) in [7, 11) is 0. The molecule has 19 heteroatoms. The number of hydrogen-bond acceptors (Lipinski definition) is 10. The van der Waals surface area contributed by atoms with Crippen LogP contribution in [0.5, 0.6) is 5.75 Å². The molecule has 3 rings (SSSR count). The highest BCUT2D eigenvalue weighted by atomic mass is 16.3. The molecule has 0 spiro atoms. The number of phenolic OH excluding ortho intramolecular Hbond substituents is 1. The van der Waals surface area contributed by atoms with E-state index >= 15 is 0 Å². The number of nitrogens with zero attached hydrogens (tertiary/aromatic N) is 1. The lowest BCUT2D eigenvalue weighted by Crippen LogP contribution is -2.59. The Morgan fingerprint density at radius 1 is 0.587 bits per heavy atom. The quantitative estimate of drug-likeness (QED) is 0.0276. The lowest BCUT2D eigenvalue weighted by Gasteiger charge is -2.27. The largest absolute Gasteiger partial charge is 0.508 e. The average molecular weight is 872 g/mol. The summed E-state index contributed by atoms with van der Waals surface area (Å²) < 4.78 is 0. The second kappa shape index (κ2) is 25.7. The fraction of sp³-hybridized carbons (Fsp3) is 0.409. The molecule has 3 aromatic carbocycles. The Balaban J connectivity index is 1.73. The zero-order valence-corrected chi connectivity index (χ0v) is 35.8. The first kappa shape index (κ1) is 50.3. The molecule has 63 heavy (non-hydrogen) atoms. The van der Waals surface area contributed by atoms with Gasteiger partial charge in [0.15, 0.2) is 5.96 Å². The van der Waals surface area contributed by atoms with Gasteiger partial charge in [0, 0.05) is 19.4 Å². The number of amides is 7. The molecule has 0 bridgehead atoms. The molecule has 7 amide bonds. The molecule has 0 aliphatic heterocycles. The van der Waals surface area contributed by atoms with Crippen molar-refractivity contribution in [1.82, 2.24) is 31.9 Å². The lowest BCUT2D eigenvalue weighted by molar-refractivity contribution is -0.135. The van der Waals surface area contributed by atoms with Crippen LogP contribution in [0.15, 0.2) is 89.9 Å². The predicted octanol–water partition coefficient (Wildman–Crippen LogP) is -1.11. The fourth-order valence-corrected chi connectivity index (χ4v) is 6.36. The number of nitrogens with two attached hydrogens (primary N) is 4. The molecule has 0 aliphatic carbocycles. The van der Waals surface area contributed by atoms with E-state index in [1.807, 2.05) is 13.8 Å². The third kappa shape index (κ3) is 18.6. The van der Waals surface area contributed by atoms with Gasteiger partial charge >= 0.3 is 0 Å². The van der Waals surface area contributed by atoms with Crippen LogP contribution in [-0.4, -0.2) is 102 Å². The van der Waals surface area contributed by atoms with Gasteiger partial charge in [0.05, 0.1) is 12.6 Å². The maximum atomic E-state index is 14.1. The third-order valence-corrected chi connectivity index (χ3v) is 9.70. The van der Waals surface area contributed by atoms with Crippen molar-refractivity contribution in [3.8, 4) is 5.75 Å². The summed E-state index contributed by atoms with van der Waals surface area (Å²) in [6, 6.07) is 17.1. The number of benzene rings is 3. The van der Waals surface area contributed by atoms with Crippen LogP contribution in [0.25, 0.3) is 0 Å². The zero-order valence-electron chi connectivity index (χ0n) is 35.8. The van der Waals surface area contributed by atoms with Crippen molar-refractivity contribution >= 4 is 47.3 Å². The third-order valence-electron chi connectivity index (χ3n) is 9.70. The van der Waals surface area contributed by atoms with Crippen LogP contribution in [-0.2, 0) is 52.8 Å². The van der Waals surface area contributed by atoms with Gasteiger partial charge in [-0.25, -0.2) is 0 Å². The highest BCUT2D eigenvalue weighted by Gasteiger charge is 2.32. The van der Waals surface area contributed by atoms with Gasteiger partial charge in [-0.15, -0.1) is 0 Å². The van der Waals surface area contributed by atoms with E-state index in [2.05, 4.69) is 36.9 Å². The minimum Gasteiger partial charge on any atom is -0.508 e. The smallest absolute Gasteiger partial charge is 0.243 e. The summed E-state index contributed by atoms with van der Waals surface area (Å²) in [6.45, 7) is 4.74. The maximum Gasteiger partial charge on any atom is 0.243 e. The number of nitrogens with one attached hydrogen (secondary N) is 6. The van der Waals surface area contributed by atoms with E-state index in [4.69, 9.17) is 22.9 Å². The van der Waals surface area contributed by atoms with E-state index in [1.165, 1.54) is 19.1 Å². The summed E-state index contributed by atoms with van der Waals surface area (Å²) in [5.74, 6) is -5.13. The molecule has 19 nitrogen and oxygen atoms in total. The van der Waals surface area contributed by atoms with Gasteiger partial charge in [0.1, 0.15) is 36.0 Å². The van der Waals surface area contributed by atoms with E-state index in [0.717, 1.165) is 5.56 Å². The second-order valence-electron chi connectivity index (χ2n) is 15.6. The summed E-state index contributed by atoms with van der Waals surface area (Å²) in [5.41, 5.74) is 24.7. The number of aliphatic imine (C=N–C) groups is 1. The van der Waals surface area contributed by atoms with Crippen LogP contribution in [0.4, 0.5) is 0 Å². The molecular formula is C44H61N11O8. The summed E-state index contributed by atoms with van der Waals surface area (Å²) in [5, 5.41) is 25.2. The summed E-state index contributed by atoms with van der Waals surface area (Å²) in [4.78, 5) is 97.0. The van der Waals surface area contributed by atoms with Gasteiger partial charge in [-0.1, -0.05) is 86.6 Å². The predicted molar refractivity (Wildman–Crippen MR) is 237 cm³/mol. The van der Waals surface area contributed by atoms with Gasteiger partial charge in [-0.2, -0.15) is 0 Å². The second-order valence-corrected chi connectivity index (χ2v) is 15.6. The lowest BCUT2D eigenvalue weighted by atomic mass is 10.00. The molecular weight excluding hydrogens is 811 g/mol. The Bertz CT molecular complexity index is 2010. The minimum absolute atomic E-state index is 0.00974. The van der Waals surface area contributed by atoms with Crippen LogP contribution in [0.1, 0.15) is 56.7 Å². The molecule has 0 fully saturated rings. The number of rotatable bonds is 25. The van der Waals surface area contributed by atoms with Crippen molar-refractivity contribution in [1.29, 1.82) is 0 Å². The SMILES string of the molecule is CC(C)C[C@H](NC(=O)[C@H](Cc1ccccc1)NC(=O)[C@@H](C)NC(=O)CNC(=O)[C@@H](N)Cc1ccc(O)cc1)C(=O)N[C@@H](CCCN=C(N)N)C(=O)N[C@@H](Cc1ccccc1)C(N)=O. The molecule has 3 aromatic rings. The van der Waals surface area contributed by atoms with Crippen LogP contribution < -0.4 is 54.8 Å². The highest BCUT2D eigenvalue weighted by Crippen LogP contribution is 2.12. The van der Waals surface area contributed by atoms with Crippen molar-refractivity contribution in [3.63, 3.8) is 0 Å². The summed E-state index contributed by atoms with van der Waals surface area (Å²) >= 11 is 0. The first-order chi connectivity index (χ1) is 29.9. The molecule has 0 saturated carbocycles. The number of primary amides is 1. The van der Waals surface area contributed by atoms with Crippen LogP contribution in [0, 0.1) is 5.92 Å². The maximum absolute atomic E-state index is 14.1. The van der Waals surface area contributed by atoms with E-state index in [-0.39, 0.29) is 62.7 Å². The van der Waals surface area contributed by atoms with Gasteiger partial charge in [-0.3, -0.25) is 38.6 Å². The standard InChI is InChI=1S/C44H61N11O8/c1-26(2)21-35(42(62)52-33(15-10-20-49-44(47)48)41(61)53-34(38(46)58)23-28-11-6-4-7-12-28)55-43(63)36(24-29-13-8-5-9-14-29)54-39(59)27(3)51-37(57)25-50-40(60)32(45)22-30-16-18-31(56)19-17-30/h4-9,11-14,16-19,26-27,32-36,56H,10,15,20-25,45H2,1-3H3,(H2,46,58)(H,50,60)(H,51,57)(H,52,62)(H,53,61)(H,54,59)(H,55,63)(H4,47,48,49)/t27-,32+,33+,34+,35+,36+/m1/s1. The van der Waals surface area contributed by atoms with Crippen molar-refractivity contribution in [2.75, 3.05) is 13.1 Å². The Morgan fingerprint density at radius 3 is 1.63 bits per heavy atom. The van der Waals surface area contributed by atoms with Crippen LogP contribution >= 0.6 is 0 Å². The number of hydrogen-bond donors (Lipinski definition) is 11. The summed E-state index contributed by atoms with van der Waals surface area (Å²) in [6.07, 6.45) is 0.725. The number of carbonyl (C=O) groups excluding carboxylic acids is 7. The van der Waals surface area contributed by atoms with Crippen molar-refractivity contribution in [2.24, 2.45) is 33.8 Å². The van der Waals surface area contributed by atoms with Crippen LogP contribution in [0.3, 0.4) is 0 Å².